The van der Waals surface area contributed by atoms with Crippen molar-refractivity contribution < 1.29 is 18.6 Å². The summed E-state index contributed by atoms with van der Waals surface area (Å²) in [4.78, 5) is 0. The van der Waals surface area contributed by atoms with E-state index in [9.17, 15) is 4.39 Å². The van der Waals surface area contributed by atoms with E-state index >= 15 is 0 Å². The predicted octanol–water partition coefficient (Wildman–Crippen LogP) is 4.69. The lowest BCUT2D eigenvalue weighted by Gasteiger charge is -2.22. The second-order valence-electron chi connectivity index (χ2n) is 4.91. The summed E-state index contributed by atoms with van der Waals surface area (Å²) >= 11 is 8.87. The van der Waals surface area contributed by atoms with Crippen molar-refractivity contribution in [3.8, 4) is 0 Å². The zero-order valence-electron chi connectivity index (χ0n) is 11.7. The highest BCUT2D eigenvalue weighted by Gasteiger charge is 2.13. The summed E-state index contributed by atoms with van der Waals surface area (Å²) in [6, 6.07) is 3.28. The summed E-state index contributed by atoms with van der Waals surface area (Å²) in [6.45, 7) is 2.30. The standard InChI is InChI=1S/C15H19BrClFO3/c16-14-11(5-6-12(17)15(14)18)10-19-7-3-9-21-13-4-1-2-8-20-13/h5-6,13H,1-4,7-10H2. The Kier molecular flexibility index (Phi) is 7.40. The summed E-state index contributed by atoms with van der Waals surface area (Å²) in [5, 5.41) is 0.103. The molecule has 0 aromatic heterocycles. The first kappa shape index (κ1) is 17.2. The average Bonchev–Trinajstić information content (AvgIpc) is 2.51. The first-order chi connectivity index (χ1) is 10.2. The van der Waals surface area contributed by atoms with Gasteiger partial charge < -0.3 is 14.2 Å². The molecule has 1 saturated heterocycles. The Morgan fingerprint density at radius 1 is 1.33 bits per heavy atom. The predicted molar refractivity (Wildman–Crippen MR) is 82.9 cm³/mol. The van der Waals surface area contributed by atoms with Crippen LogP contribution in [0.4, 0.5) is 4.39 Å². The second kappa shape index (κ2) is 9.06. The van der Waals surface area contributed by atoms with Crippen molar-refractivity contribution in [1.82, 2.24) is 0 Å². The fourth-order valence-corrected chi connectivity index (χ4v) is 2.81. The lowest BCUT2D eigenvalue weighted by molar-refractivity contribution is -0.164. The van der Waals surface area contributed by atoms with Crippen LogP contribution >= 0.6 is 27.5 Å². The van der Waals surface area contributed by atoms with Crippen LogP contribution in [0.2, 0.25) is 5.02 Å². The smallest absolute Gasteiger partial charge is 0.157 e. The van der Waals surface area contributed by atoms with Gasteiger partial charge >= 0.3 is 0 Å². The third-order valence-corrected chi connectivity index (χ3v) is 4.40. The lowest BCUT2D eigenvalue weighted by Crippen LogP contribution is -2.23. The molecular weight excluding hydrogens is 363 g/mol. The summed E-state index contributed by atoms with van der Waals surface area (Å²) in [6.07, 6.45) is 3.98. The molecule has 118 valence electrons. The number of hydrogen-bond donors (Lipinski definition) is 0. The minimum absolute atomic E-state index is 0.0572. The van der Waals surface area contributed by atoms with Crippen LogP contribution in [0.15, 0.2) is 16.6 Å². The van der Waals surface area contributed by atoms with Crippen molar-refractivity contribution in [3.05, 3.63) is 33.0 Å². The minimum Gasteiger partial charge on any atom is -0.377 e. The molecule has 0 aliphatic carbocycles. The molecule has 21 heavy (non-hydrogen) atoms. The maximum absolute atomic E-state index is 13.6. The molecule has 1 aromatic carbocycles. The van der Waals surface area contributed by atoms with Gasteiger partial charge in [-0.05, 0) is 53.2 Å². The molecular formula is C15H19BrClFO3. The molecule has 1 aromatic rings. The van der Waals surface area contributed by atoms with Crippen molar-refractivity contribution >= 4 is 27.5 Å². The van der Waals surface area contributed by atoms with Crippen molar-refractivity contribution in [1.29, 1.82) is 0 Å². The van der Waals surface area contributed by atoms with Crippen molar-refractivity contribution in [3.63, 3.8) is 0 Å². The number of halogens is 3. The Morgan fingerprint density at radius 3 is 2.95 bits per heavy atom. The molecule has 1 heterocycles. The Hall–Kier alpha value is -0.200. The van der Waals surface area contributed by atoms with Crippen LogP contribution in [0.25, 0.3) is 0 Å². The highest BCUT2D eigenvalue weighted by atomic mass is 79.9. The molecule has 6 heteroatoms. The second-order valence-corrected chi connectivity index (χ2v) is 6.11. The van der Waals surface area contributed by atoms with E-state index in [0.717, 1.165) is 37.9 Å². The van der Waals surface area contributed by atoms with E-state index in [2.05, 4.69) is 15.9 Å². The van der Waals surface area contributed by atoms with Crippen LogP contribution in [0, 0.1) is 5.82 Å². The lowest BCUT2D eigenvalue weighted by atomic mass is 10.2. The van der Waals surface area contributed by atoms with E-state index < -0.39 is 5.82 Å². The third kappa shape index (κ3) is 5.49. The zero-order chi connectivity index (χ0) is 15.1. The first-order valence-electron chi connectivity index (χ1n) is 7.12. The molecule has 3 nitrogen and oxygen atoms in total. The van der Waals surface area contributed by atoms with Crippen LogP contribution in [0.3, 0.4) is 0 Å². The molecule has 0 saturated carbocycles. The average molecular weight is 382 g/mol. The van der Waals surface area contributed by atoms with Crippen LogP contribution < -0.4 is 0 Å². The van der Waals surface area contributed by atoms with Gasteiger partial charge in [0.2, 0.25) is 0 Å². The van der Waals surface area contributed by atoms with Gasteiger partial charge in [-0.2, -0.15) is 0 Å². The van der Waals surface area contributed by atoms with Crippen LogP contribution in [-0.4, -0.2) is 26.1 Å². The molecule has 0 bridgehead atoms. The first-order valence-corrected chi connectivity index (χ1v) is 8.29. The molecule has 0 radical (unpaired) electrons. The molecule has 0 N–H and O–H groups in total. The fourth-order valence-electron chi connectivity index (χ4n) is 2.08. The molecule has 0 amide bonds. The Balaban J connectivity index is 1.60. The normalized spacial score (nSPS) is 18.9. The van der Waals surface area contributed by atoms with Crippen molar-refractivity contribution in [2.75, 3.05) is 19.8 Å². The maximum Gasteiger partial charge on any atom is 0.157 e. The van der Waals surface area contributed by atoms with E-state index in [0.29, 0.717) is 24.3 Å². The summed E-state index contributed by atoms with van der Waals surface area (Å²) in [7, 11) is 0. The monoisotopic (exact) mass is 380 g/mol. The van der Waals surface area contributed by atoms with Gasteiger partial charge in [0, 0.05) is 13.2 Å². The largest absolute Gasteiger partial charge is 0.377 e. The Labute approximate surface area is 137 Å². The van der Waals surface area contributed by atoms with Crippen LogP contribution in [0.5, 0.6) is 0 Å². The van der Waals surface area contributed by atoms with E-state index in [4.69, 9.17) is 25.8 Å². The highest BCUT2D eigenvalue weighted by molar-refractivity contribution is 9.10. The number of benzene rings is 1. The van der Waals surface area contributed by atoms with Gasteiger partial charge in [-0.1, -0.05) is 17.7 Å². The molecule has 2 rings (SSSR count). The number of rotatable bonds is 7. The van der Waals surface area contributed by atoms with Crippen LogP contribution in [0.1, 0.15) is 31.2 Å². The molecule has 1 aliphatic heterocycles. The van der Waals surface area contributed by atoms with Gasteiger partial charge in [0.1, 0.15) is 0 Å². The third-order valence-electron chi connectivity index (χ3n) is 3.25. The van der Waals surface area contributed by atoms with E-state index in [1.54, 1.807) is 6.07 Å². The highest BCUT2D eigenvalue weighted by Crippen LogP contribution is 2.27. The summed E-state index contributed by atoms with van der Waals surface area (Å²) < 4.78 is 30.5. The Morgan fingerprint density at radius 2 is 2.19 bits per heavy atom. The SMILES string of the molecule is Fc1c(Cl)ccc(COCCCOC2CCCCO2)c1Br. The Bertz CT molecular complexity index is 453. The molecule has 0 spiro atoms. The molecule has 1 fully saturated rings. The fraction of sp³-hybridized carbons (Fsp3) is 0.600. The minimum atomic E-state index is -0.449. The van der Waals surface area contributed by atoms with Crippen molar-refractivity contribution in [2.24, 2.45) is 0 Å². The topological polar surface area (TPSA) is 27.7 Å². The summed E-state index contributed by atoms with van der Waals surface area (Å²) in [5.74, 6) is -0.449. The zero-order valence-corrected chi connectivity index (χ0v) is 14.1. The van der Waals surface area contributed by atoms with E-state index in [1.807, 2.05) is 0 Å². The maximum atomic E-state index is 13.6. The van der Waals surface area contributed by atoms with Gasteiger partial charge in [-0.25, -0.2) is 4.39 Å². The number of hydrogen-bond acceptors (Lipinski definition) is 3. The van der Waals surface area contributed by atoms with Crippen LogP contribution in [-0.2, 0) is 20.8 Å². The summed E-state index contributed by atoms with van der Waals surface area (Å²) in [5.41, 5.74) is 0.744. The van der Waals surface area contributed by atoms with Gasteiger partial charge in [0.05, 0.1) is 22.7 Å². The number of ether oxygens (including phenoxy) is 3. The molecule has 1 atom stereocenters. The molecule has 1 aliphatic rings. The quantitative estimate of drug-likeness (QED) is 0.506. The van der Waals surface area contributed by atoms with Gasteiger partial charge in [-0.3, -0.25) is 0 Å². The van der Waals surface area contributed by atoms with E-state index in [-0.39, 0.29) is 11.3 Å². The van der Waals surface area contributed by atoms with Gasteiger partial charge in [0.15, 0.2) is 12.1 Å². The molecule has 1 unspecified atom stereocenters. The van der Waals surface area contributed by atoms with Crippen molar-refractivity contribution in [2.45, 2.75) is 38.6 Å². The van der Waals surface area contributed by atoms with E-state index in [1.165, 1.54) is 6.07 Å². The van der Waals surface area contributed by atoms with Gasteiger partial charge in [-0.15, -0.1) is 0 Å². The van der Waals surface area contributed by atoms with Gasteiger partial charge in [0.25, 0.3) is 0 Å².